The van der Waals surface area contributed by atoms with Crippen LogP contribution in [0.2, 0.25) is 0 Å². The number of aliphatic hydroxyl groups is 1. The topological polar surface area (TPSA) is 98.7 Å². The number of thiophene rings is 1. The lowest BCUT2D eigenvalue weighted by molar-refractivity contribution is -0.146. The minimum atomic E-state index is -1.58. The molecule has 1 aromatic heterocycles. The SMILES string of the molecule is Cc1ccc(CNC(=O)NC[C@H](O)C(=O)O)s1. The molecule has 1 aromatic rings. The van der Waals surface area contributed by atoms with Crippen molar-refractivity contribution in [3.63, 3.8) is 0 Å². The van der Waals surface area contributed by atoms with Gasteiger partial charge in [-0.15, -0.1) is 11.3 Å². The molecule has 1 rings (SSSR count). The number of carbonyl (C=O) groups is 2. The average Bonchev–Trinajstić information content (AvgIpc) is 2.69. The van der Waals surface area contributed by atoms with Gasteiger partial charge in [0.2, 0.25) is 0 Å². The van der Waals surface area contributed by atoms with Gasteiger partial charge in [0, 0.05) is 9.75 Å². The number of hydrogen-bond acceptors (Lipinski definition) is 4. The molecule has 1 atom stereocenters. The van der Waals surface area contributed by atoms with Gasteiger partial charge in [0.15, 0.2) is 6.10 Å². The third-order valence-electron chi connectivity index (χ3n) is 1.96. The highest BCUT2D eigenvalue weighted by Gasteiger charge is 2.13. The number of aryl methyl sites for hydroxylation is 1. The maximum Gasteiger partial charge on any atom is 0.334 e. The second-order valence-electron chi connectivity index (χ2n) is 3.43. The van der Waals surface area contributed by atoms with Crippen LogP contribution >= 0.6 is 11.3 Å². The van der Waals surface area contributed by atoms with Crippen LogP contribution in [0.15, 0.2) is 12.1 Å². The first-order chi connectivity index (χ1) is 7.99. The molecule has 0 bridgehead atoms. The molecule has 1 heterocycles. The summed E-state index contributed by atoms with van der Waals surface area (Å²) in [6, 6.07) is 3.36. The summed E-state index contributed by atoms with van der Waals surface area (Å²) in [6.07, 6.45) is -1.58. The summed E-state index contributed by atoms with van der Waals surface area (Å²) in [4.78, 5) is 23.7. The number of rotatable bonds is 5. The zero-order valence-electron chi connectivity index (χ0n) is 9.27. The number of urea groups is 1. The quantitative estimate of drug-likeness (QED) is 0.610. The first-order valence-corrected chi connectivity index (χ1v) is 5.78. The van der Waals surface area contributed by atoms with Crippen LogP contribution < -0.4 is 10.6 Å². The second-order valence-corrected chi connectivity index (χ2v) is 4.80. The zero-order chi connectivity index (χ0) is 12.8. The van der Waals surface area contributed by atoms with Crippen molar-refractivity contribution in [1.29, 1.82) is 0 Å². The van der Waals surface area contributed by atoms with Gasteiger partial charge >= 0.3 is 12.0 Å². The number of nitrogens with one attached hydrogen (secondary N) is 2. The molecule has 0 aromatic carbocycles. The molecule has 0 unspecified atom stereocenters. The molecule has 17 heavy (non-hydrogen) atoms. The lowest BCUT2D eigenvalue weighted by atomic mass is 10.3. The van der Waals surface area contributed by atoms with Crippen molar-refractivity contribution in [2.75, 3.05) is 6.54 Å². The van der Waals surface area contributed by atoms with E-state index in [9.17, 15) is 9.59 Å². The van der Waals surface area contributed by atoms with E-state index in [0.717, 1.165) is 9.75 Å². The standard InChI is InChI=1S/C10H14N2O4S/c1-6-2-3-7(17-6)4-11-10(16)12-5-8(13)9(14)15/h2-3,8,13H,4-5H2,1H3,(H,14,15)(H2,11,12,16)/t8-/m0/s1. The molecular formula is C10H14N2O4S. The zero-order valence-corrected chi connectivity index (χ0v) is 10.1. The summed E-state index contributed by atoms with van der Waals surface area (Å²) < 4.78 is 0. The van der Waals surface area contributed by atoms with Gasteiger partial charge in [-0.05, 0) is 19.1 Å². The summed E-state index contributed by atoms with van der Waals surface area (Å²) in [5.74, 6) is -1.36. The number of aliphatic carboxylic acids is 1. The van der Waals surface area contributed by atoms with Crippen LogP contribution in [0.5, 0.6) is 0 Å². The van der Waals surface area contributed by atoms with Crippen LogP contribution in [0.4, 0.5) is 4.79 Å². The number of amides is 2. The van der Waals surface area contributed by atoms with E-state index in [1.807, 2.05) is 19.1 Å². The third kappa shape index (κ3) is 4.83. The lowest BCUT2D eigenvalue weighted by Gasteiger charge is -2.08. The summed E-state index contributed by atoms with van der Waals surface area (Å²) in [6.45, 7) is 2.04. The Morgan fingerprint density at radius 1 is 1.41 bits per heavy atom. The van der Waals surface area contributed by atoms with Gasteiger partial charge in [0.1, 0.15) is 0 Å². The van der Waals surface area contributed by atoms with Crippen molar-refractivity contribution in [2.45, 2.75) is 19.6 Å². The fraction of sp³-hybridized carbons (Fsp3) is 0.400. The van der Waals surface area contributed by atoms with E-state index >= 15 is 0 Å². The smallest absolute Gasteiger partial charge is 0.334 e. The predicted octanol–water partition coefficient (Wildman–Crippen LogP) is 0.301. The summed E-state index contributed by atoms with van der Waals surface area (Å²) in [5, 5.41) is 22.1. The molecule has 0 saturated heterocycles. The Labute approximate surface area is 102 Å². The predicted molar refractivity (Wildman–Crippen MR) is 62.9 cm³/mol. The number of carboxylic acids is 1. The van der Waals surface area contributed by atoms with Crippen molar-refractivity contribution in [2.24, 2.45) is 0 Å². The Hall–Kier alpha value is -1.60. The number of carbonyl (C=O) groups excluding carboxylic acids is 1. The molecular weight excluding hydrogens is 244 g/mol. The Balaban J connectivity index is 2.24. The highest BCUT2D eigenvalue weighted by molar-refractivity contribution is 7.11. The lowest BCUT2D eigenvalue weighted by Crippen LogP contribution is -2.41. The van der Waals surface area contributed by atoms with Crippen molar-refractivity contribution in [3.05, 3.63) is 21.9 Å². The maximum absolute atomic E-state index is 11.2. The average molecular weight is 258 g/mol. The Morgan fingerprint density at radius 3 is 2.65 bits per heavy atom. The van der Waals surface area contributed by atoms with Crippen LogP contribution in [0.1, 0.15) is 9.75 Å². The minimum Gasteiger partial charge on any atom is -0.479 e. The molecule has 0 radical (unpaired) electrons. The molecule has 4 N–H and O–H groups in total. The summed E-state index contributed by atoms with van der Waals surface area (Å²) in [5.41, 5.74) is 0. The van der Waals surface area contributed by atoms with Gasteiger partial charge in [-0.1, -0.05) is 0 Å². The van der Waals surface area contributed by atoms with E-state index in [4.69, 9.17) is 10.2 Å². The Morgan fingerprint density at radius 2 is 2.12 bits per heavy atom. The van der Waals surface area contributed by atoms with Crippen molar-refractivity contribution < 1.29 is 19.8 Å². The van der Waals surface area contributed by atoms with Crippen LogP contribution in [-0.2, 0) is 11.3 Å². The van der Waals surface area contributed by atoms with E-state index in [1.54, 1.807) is 11.3 Å². The van der Waals surface area contributed by atoms with E-state index in [0.29, 0.717) is 6.54 Å². The van der Waals surface area contributed by atoms with E-state index in [-0.39, 0.29) is 6.54 Å². The van der Waals surface area contributed by atoms with E-state index in [2.05, 4.69) is 10.6 Å². The fourth-order valence-electron chi connectivity index (χ4n) is 1.09. The van der Waals surface area contributed by atoms with Gasteiger partial charge in [0.05, 0.1) is 13.1 Å². The Bertz CT molecular complexity index is 405. The fourth-order valence-corrected chi connectivity index (χ4v) is 1.92. The maximum atomic E-state index is 11.2. The molecule has 6 nitrogen and oxygen atoms in total. The van der Waals surface area contributed by atoms with Gasteiger partial charge in [-0.25, -0.2) is 9.59 Å². The van der Waals surface area contributed by atoms with Gasteiger partial charge < -0.3 is 20.8 Å². The number of aliphatic hydroxyl groups excluding tert-OH is 1. The second kappa shape index (κ2) is 6.21. The minimum absolute atomic E-state index is 0.315. The van der Waals surface area contributed by atoms with Crippen molar-refractivity contribution >= 4 is 23.3 Å². The van der Waals surface area contributed by atoms with Gasteiger partial charge in [-0.2, -0.15) is 0 Å². The van der Waals surface area contributed by atoms with Crippen molar-refractivity contribution in [1.82, 2.24) is 10.6 Å². The molecule has 0 fully saturated rings. The summed E-state index contributed by atoms with van der Waals surface area (Å²) in [7, 11) is 0. The van der Waals surface area contributed by atoms with Gasteiger partial charge in [0.25, 0.3) is 0 Å². The summed E-state index contributed by atoms with van der Waals surface area (Å²) >= 11 is 1.57. The molecule has 0 aliphatic carbocycles. The molecule has 0 saturated carbocycles. The molecule has 94 valence electrons. The Kier molecular flexibility index (Phi) is 4.92. The van der Waals surface area contributed by atoms with Crippen LogP contribution in [0.3, 0.4) is 0 Å². The van der Waals surface area contributed by atoms with Gasteiger partial charge in [-0.3, -0.25) is 0 Å². The van der Waals surface area contributed by atoms with Crippen LogP contribution in [0.25, 0.3) is 0 Å². The highest BCUT2D eigenvalue weighted by Crippen LogP contribution is 2.14. The highest BCUT2D eigenvalue weighted by atomic mass is 32.1. The number of hydrogen-bond donors (Lipinski definition) is 4. The molecule has 0 aliphatic rings. The van der Waals surface area contributed by atoms with Crippen LogP contribution in [-0.4, -0.2) is 34.9 Å². The van der Waals surface area contributed by atoms with Crippen LogP contribution in [0, 0.1) is 6.92 Å². The van der Waals surface area contributed by atoms with E-state index in [1.165, 1.54) is 0 Å². The molecule has 0 aliphatic heterocycles. The first kappa shape index (κ1) is 13.5. The first-order valence-electron chi connectivity index (χ1n) is 4.97. The molecule has 0 spiro atoms. The van der Waals surface area contributed by atoms with Crippen molar-refractivity contribution in [3.8, 4) is 0 Å². The number of carboxylic acid groups (broad SMARTS) is 1. The molecule has 7 heteroatoms. The molecule has 2 amide bonds. The monoisotopic (exact) mass is 258 g/mol. The van der Waals surface area contributed by atoms with E-state index < -0.39 is 18.1 Å². The third-order valence-corrected chi connectivity index (χ3v) is 2.96. The normalized spacial score (nSPS) is 11.9. The largest absolute Gasteiger partial charge is 0.479 e.